The van der Waals surface area contributed by atoms with Crippen LogP contribution in [0.15, 0.2) is 83.0 Å². The van der Waals surface area contributed by atoms with E-state index in [1.165, 1.54) is 28.2 Å². The smallest absolute Gasteiger partial charge is 0.162 e. The molecule has 0 fully saturated rings. The second-order valence-corrected chi connectivity index (χ2v) is 15.6. The molecule has 0 aliphatic carbocycles. The van der Waals surface area contributed by atoms with Gasteiger partial charge in [0, 0.05) is 59.9 Å². The van der Waals surface area contributed by atoms with E-state index in [4.69, 9.17) is 9.40 Å². The van der Waals surface area contributed by atoms with Crippen molar-refractivity contribution in [2.45, 2.75) is 107 Å². The van der Waals surface area contributed by atoms with E-state index in [0.717, 1.165) is 81.6 Å². The molecule has 0 atom stereocenters. The molecule has 1 radical (unpaired) electrons. The van der Waals surface area contributed by atoms with Gasteiger partial charge in [-0.15, -0.1) is 29.1 Å². The SMILES string of the molecule is CCC(CC)C(=O)/C=C(\O)C(CC)CC.Cc1ccc2nc(-c3[c-]c4ccccc4c(C(C)(C)C)c3)c3c4cccc(CC(C)C)c4oc3c2c1.[Ir]. The summed E-state index contributed by atoms with van der Waals surface area (Å²) in [4.78, 5) is 17.0. The third-order valence-corrected chi connectivity index (χ3v) is 10.2. The number of aromatic nitrogens is 1. The minimum atomic E-state index is -0.0145. The fraction of sp³-hybridized carbons (Fsp3) is 0.404. The standard InChI is InChI=1S/C34H32NO.C13H24O2.Ir/c1-20(2)16-23-11-9-13-26-30-31(35-29-15-14-21(3)17-27(29)33(30)36-32(23)26)24-18-22-10-7-8-12-25(22)28(19-24)34(4,5)6;1-5-10(6-2)12(14)9-13(15)11(7-3)8-4;/h7-15,17,19-20H,16H2,1-6H3;9-11,14H,5-8H2,1-4H3;/q-1;;/b;12-9-;. The van der Waals surface area contributed by atoms with Gasteiger partial charge in [-0.25, -0.2) is 0 Å². The molecule has 0 saturated heterocycles. The number of hydrogen-bond donors (Lipinski definition) is 1. The first kappa shape index (κ1) is 41.0. The molecule has 2 aromatic heterocycles. The van der Waals surface area contributed by atoms with Gasteiger partial charge in [0.1, 0.15) is 11.2 Å². The molecular weight excluding hydrogens is 819 g/mol. The van der Waals surface area contributed by atoms with Crippen molar-refractivity contribution in [2.24, 2.45) is 17.8 Å². The van der Waals surface area contributed by atoms with Gasteiger partial charge >= 0.3 is 0 Å². The minimum absolute atomic E-state index is 0. The number of aliphatic hydroxyl groups is 1. The van der Waals surface area contributed by atoms with E-state index in [1.54, 1.807) is 0 Å². The number of pyridine rings is 1. The molecular formula is C47H56IrNO3-. The molecule has 1 N–H and O–H groups in total. The molecule has 277 valence electrons. The van der Waals surface area contributed by atoms with Crippen molar-refractivity contribution in [3.63, 3.8) is 0 Å². The zero-order chi connectivity index (χ0) is 37.0. The molecule has 0 saturated carbocycles. The van der Waals surface area contributed by atoms with Gasteiger partial charge in [0.2, 0.25) is 0 Å². The van der Waals surface area contributed by atoms with Gasteiger partial charge in [-0.05, 0) is 68.1 Å². The van der Waals surface area contributed by atoms with E-state index >= 15 is 0 Å². The third kappa shape index (κ3) is 8.70. The molecule has 0 aliphatic heterocycles. The topological polar surface area (TPSA) is 63.3 Å². The zero-order valence-electron chi connectivity index (χ0n) is 32.7. The summed E-state index contributed by atoms with van der Waals surface area (Å²) in [5, 5.41) is 15.4. The van der Waals surface area contributed by atoms with Crippen LogP contribution >= 0.6 is 0 Å². The van der Waals surface area contributed by atoms with Crippen LogP contribution in [0.3, 0.4) is 0 Å². The van der Waals surface area contributed by atoms with Crippen LogP contribution in [-0.4, -0.2) is 15.9 Å². The van der Waals surface area contributed by atoms with E-state index < -0.39 is 0 Å². The fourth-order valence-corrected chi connectivity index (χ4v) is 7.26. The van der Waals surface area contributed by atoms with Crippen LogP contribution in [0.1, 0.15) is 105 Å². The molecule has 0 aliphatic rings. The molecule has 6 rings (SSSR count). The van der Waals surface area contributed by atoms with Crippen LogP contribution in [0.25, 0.3) is 54.9 Å². The zero-order valence-corrected chi connectivity index (χ0v) is 35.1. The predicted octanol–water partition coefficient (Wildman–Crippen LogP) is 13.4. The Hall–Kier alpha value is -3.79. The van der Waals surface area contributed by atoms with Crippen LogP contribution in [-0.2, 0) is 36.7 Å². The number of nitrogens with zero attached hydrogens (tertiary/aromatic N) is 1. The Kier molecular flexibility index (Phi) is 13.7. The maximum atomic E-state index is 11.7. The van der Waals surface area contributed by atoms with Crippen LogP contribution in [0.5, 0.6) is 0 Å². The van der Waals surface area contributed by atoms with Crippen molar-refractivity contribution in [3.05, 3.63) is 101 Å². The average molecular weight is 875 g/mol. The Morgan fingerprint density at radius 2 is 1.50 bits per heavy atom. The van der Waals surface area contributed by atoms with Crippen molar-refractivity contribution in [3.8, 4) is 11.3 Å². The van der Waals surface area contributed by atoms with E-state index in [9.17, 15) is 9.90 Å². The summed E-state index contributed by atoms with van der Waals surface area (Å²) in [6.07, 6.45) is 5.89. The van der Waals surface area contributed by atoms with Gasteiger partial charge < -0.3 is 9.52 Å². The molecule has 6 aromatic rings. The largest absolute Gasteiger partial charge is 0.512 e. The van der Waals surface area contributed by atoms with Gasteiger partial charge in [0.05, 0.1) is 11.3 Å². The van der Waals surface area contributed by atoms with Gasteiger partial charge in [-0.2, -0.15) is 0 Å². The number of hydrogen-bond acceptors (Lipinski definition) is 4. The van der Waals surface area contributed by atoms with E-state index in [-0.39, 0.29) is 48.9 Å². The minimum Gasteiger partial charge on any atom is -0.512 e. The van der Waals surface area contributed by atoms with Crippen molar-refractivity contribution < 1.29 is 34.4 Å². The van der Waals surface area contributed by atoms with E-state index in [0.29, 0.717) is 5.92 Å². The van der Waals surface area contributed by atoms with Gasteiger partial charge in [-0.1, -0.05) is 121 Å². The summed E-state index contributed by atoms with van der Waals surface area (Å²) < 4.78 is 6.75. The summed E-state index contributed by atoms with van der Waals surface area (Å²) in [7, 11) is 0. The number of benzene rings is 4. The average Bonchev–Trinajstić information content (AvgIpc) is 3.49. The van der Waals surface area contributed by atoms with E-state index in [2.05, 4.69) is 114 Å². The fourth-order valence-electron chi connectivity index (χ4n) is 7.26. The number of furan rings is 1. The second kappa shape index (κ2) is 17.4. The van der Waals surface area contributed by atoms with Crippen LogP contribution in [0.2, 0.25) is 0 Å². The van der Waals surface area contributed by atoms with Crippen molar-refractivity contribution in [1.29, 1.82) is 0 Å². The predicted molar refractivity (Wildman–Crippen MR) is 217 cm³/mol. The Bertz CT molecular complexity index is 2190. The monoisotopic (exact) mass is 875 g/mol. The quantitative estimate of drug-likeness (QED) is 0.0846. The molecule has 4 aromatic carbocycles. The Morgan fingerprint density at radius 3 is 2.13 bits per heavy atom. The van der Waals surface area contributed by atoms with Gasteiger partial charge in [0.15, 0.2) is 5.78 Å². The Morgan fingerprint density at radius 1 is 0.846 bits per heavy atom. The van der Waals surface area contributed by atoms with Crippen molar-refractivity contribution in [1.82, 2.24) is 4.98 Å². The van der Waals surface area contributed by atoms with Crippen molar-refractivity contribution >= 4 is 49.4 Å². The van der Waals surface area contributed by atoms with Crippen LogP contribution < -0.4 is 0 Å². The molecule has 2 heterocycles. The molecule has 0 amide bonds. The molecule has 0 spiro atoms. The van der Waals surface area contributed by atoms with Crippen LogP contribution in [0, 0.1) is 30.7 Å². The number of para-hydroxylation sites is 1. The van der Waals surface area contributed by atoms with Crippen molar-refractivity contribution in [2.75, 3.05) is 0 Å². The molecule has 5 heteroatoms. The van der Waals surface area contributed by atoms with Gasteiger partial charge in [0.25, 0.3) is 0 Å². The number of carbonyl (C=O) groups is 1. The van der Waals surface area contributed by atoms with E-state index in [1.807, 2.05) is 27.7 Å². The number of carbonyl (C=O) groups excluding carboxylic acids is 1. The number of aliphatic hydroxyl groups excluding tert-OH is 1. The summed E-state index contributed by atoms with van der Waals surface area (Å²) in [6.45, 7) is 21.5. The number of ketones is 1. The first-order valence-corrected chi connectivity index (χ1v) is 19.0. The number of aryl methyl sites for hydroxylation is 1. The summed E-state index contributed by atoms with van der Waals surface area (Å²) >= 11 is 0. The summed E-state index contributed by atoms with van der Waals surface area (Å²) in [5.41, 5.74) is 8.56. The maximum Gasteiger partial charge on any atom is 0.162 e. The maximum absolute atomic E-state index is 11.7. The number of rotatable bonds is 10. The second-order valence-electron chi connectivity index (χ2n) is 15.6. The number of fused-ring (bicyclic) bond motifs is 6. The Balaban J connectivity index is 0.000000323. The molecule has 4 nitrogen and oxygen atoms in total. The van der Waals surface area contributed by atoms with Gasteiger partial charge in [-0.3, -0.25) is 9.78 Å². The normalized spacial score (nSPS) is 12.3. The Labute approximate surface area is 324 Å². The summed E-state index contributed by atoms with van der Waals surface area (Å²) in [5.74, 6) is 1.09. The molecule has 0 unspecified atom stereocenters. The van der Waals surface area contributed by atoms with Crippen LogP contribution in [0.4, 0.5) is 0 Å². The first-order valence-electron chi connectivity index (χ1n) is 19.0. The first-order chi connectivity index (χ1) is 24.3. The summed E-state index contributed by atoms with van der Waals surface area (Å²) in [6, 6.07) is 27.6. The number of allylic oxidation sites excluding steroid dienone is 2. The molecule has 0 bridgehead atoms. The molecule has 52 heavy (non-hydrogen) atoms. The third-order valence-electron chi connectivity index (χ3n) is 10.2.